The van der Waals surface area contributed by atoms with Crippen LogP contribution < -0.4 is 5.73 Å². The van der Waals surface area contributed by atoms with E-state index in [1.54, 1.807) is 35.1 Å². The van der Waals surface area contributed by atoms with Gasteiger partial charge >= 0.3 is 5.97 Å². The number of hydrogen-bond donors (Lipinski definition) is 2. The zero-order valence-corrected chi connectivity index (χ0v) is 9.50. The predicted octanol–water partition coefficient (Wildman–Crippen LogP) is 1.61. The molecule has 0 aliphatic rings. The molecular formula is C11H10ClN3O2. The van der Waals surface area contributed by atoms with Crippen molar-refractivity contribution in [2.45, 2.75) is 6.04 Å². The molecule has 0 aliphatic carbocycles. The molecule has 3 N–H and O–H groups in total. The Hall–Kier alpha value is -1.85. The monoisotopic (exact) mass is 251 g/mol. The van der Waals surface area contributed by atoms with Gasteiger partial charge in [0.05, 0.1) is 16.9 Å². The van der Waals surface area contributed by atoms with Crippen molar-refractivity contribution < 1.29 is 9.90 Å². The molecule has 0 bridgehead atoms. The third-order valence-corrected chi connectivity index (χ3v) is 2.53. The molecule has 5 nitrogen and oxygen atoms in total. The number of carbonyl (C=O) groups is 1. The first-order chi connectivity index (χ1) is 8.08. The second-order valence-electron chi connectivity index (χ2n) is 3.51. The van der Waals surface area contributed by atoms with E-state index >= 15 is 0 Å². The number of carboxylic acids is 1. The minimum Gasteiger partial charge on any atom is -0.480 e. The fourth-order valence-corrected chi connectivity index (χ4v) is 1.56. The van der Waals surface area contributed by atoms with E-state index in [0.29, 0.717) is 10.6 Å². The molecule has 0 aliphatic heterocycles. The number of hydrogen-bond acceptors (Lipinski definition) is 3. The first-order valence-electron chi connectivity index (χ1n) is 4.87. The minimum atomic E-state index is -1.06. The van der Waals surface area contributed by atoms with Gasteiger partial charge in [0.15, 0.2) is 0 Å². The van der Waals surface area contributed by atoms with E-state index < -0.39 is 12.0 Å². The first kappa shape index (κ1) is 11.6. The molecule has 0 saturated heterocycles. The molecule has 88 valence electrons. The maximum absolute atomic E-state index is 10.7. The summed E-state index contributed by atoms with van der Waals surface area (Å²) in [6.45, 7) is 0. The van der Waals surface area contributed by atoms with E-state index in [4.69, 9.17) is 22.4 Å². The van der Waals surface area contributed by atoms with Crippen LogP contribution in [0.25, 0.3) is 5.69 Å². The van der Waals surface area contributed by atoms with Crippen molar-refractivity contribution in [3.05, 3.63) is 47.2 Å². The minimum absolute atomic E-state index is 0.538. The third kappa shape index (κ3) is 2.46. The van der Waals surface area contributed by atoms with Crippen molar-refractivity contribution >= 4 is 17.6 Å². The van der Waals surface area contributed by atoms with Gasteiger partial charge in [0, 0.05) is 6.20 Å². The maximum atomic E-state index is 10.7. The second kappa shape index (κ2) is 4.57. The van der Waals surface area contributed by atoms with Gasteiger partial charge in [-0.1, -0.05) is 23.7 Å². The molecular weight excluding hydrogens is 242 g/mol. The molecule has 1 aromatic heterocycles. The van der Waals surface area contributed by atoms with Crippen LogP contribution in [0.2, 0.25) is 5.02 Å². The summed E-state index contributed by atoms with van der Waals surface area (Å²) in [6, 6.07) is 5.78. The van der Waals surface area contributed by atoms with Gasteiger partial charge in [-0.05, 0) is 17.7 Å². The zero-order valence-electron chi connectivity index (χ0n) is 8.75. The highest BCUT2D eigenvalue weighted by molar-refractivity contribution is 6.30. The van der Waals surface area contributed by atoms with E-state index in [1.807, 2.05) is 0 Å². The summed E-state index contributed by atoms with van der Waals surface area (Å²) >= 11 is 5.75. The Morgan fingerprint density at radius 1 is 1.41 bits per heavy atom. The molecule has 0 saturated carbocycles. The van der Waals surface area contributed by atoms with Gasteiger partial charge in [0.1, 0.15) is 6.04 Å². The van der Waals surface area contributed by atoms with Crippen LogP contribution in [0.15, 0.2) is 36.7 Å². The molecule has 1 aromatic carbocycles. The Morgan fingerprint density at radius 3 is 2.53 bits per heavy atom. The van der Waals surface area contributed by atoms with Gasteiger partial charge in [0.25, 0.3) is 0 Å². The SMILES string of the molecule is NC(C(=O)O)c1ccc(-n2cc(Cl)cn2)cc1. The summed E-state index contributed by atoms with van der Waals surface area (Å²) < 4.78 is 1.60. The number of nitrogens with zero attached hydrogens (tertiary/aromatic N) is 2. The van der Waals surface area contributed by atoms with Crippen LogP contribution in [-0.2, 0) is 4.79 Å². The molecule has 6 heteroatoms. The summed E-state index contributed by atoms with van der Waals surface area (Å²) in [6.07, 6.45) is 3.19. The molecule has 1 unspecified atom stereocenters. The lowest BCUT2D eigenvalue weighted by Gasteiger charge is -2.07. The average molecular weight is 252 g/mol. The number of aromatic nitrogens is 2. The summed E-state index contributed by atoms with van der Waals surface area (Å²) in [4.78, 5) is 10.7. The van der Waals surface area contributed by atoms with E-state index in [1.165, 1.54) is 6.20 Å². The molecule has 0 fully saturated rings. The van der Waals surface area contributed by atoms with Crippen molar-refractivity contribution in [3.8, 4) is 5.69 Å². The van der Waals surface area contributed by atoms with Gasteiger partial charge in [-0.25, -0.2) is 4.68 Å². The van der Waals surface area contributed by atoms with Gasteiger partial charge < -0.3 is 10.8 Å². The van der Waals surface area contributed by atoms with Gasteiger partial charge in [0.2, 0.25) is 0 Å². The summed E-state index contributed by atoms with van der Waals surface area (Å²) in [7, 11) is 0. The van der Waals surface area contributed by atoms with Crippen LogP contribution in [-0.4, -0.2) is 20.9 Å². The van der Waals surface area contributed by atoms with Crippen LogP contribution >= 0.6 is 11.6 Å². The molecule has 0 amide bonds. The molecule has 2 aromatic rings. The number of aliphatic carboxylic acids is 1. The lowest BCUT2D eigenvalue weighted by molar-refractivity contribution is -0.138. The topological polar surface area (TPSA) is 81.1 Å². The highest BCUT2D eigenvalue weighted by Crippen LogP contribution is 2.15. The standard InChI is InChI=1S/C11H10ClN3O2/c12-8-5-14-15(6-8)9-3-1-7(2-4-9)10(13)11(16)17/h1-6,10H,13H2,(H,16,17). The number of halogens is 1. The average Bonchev–Trinajstić information content (AvgIpc) is 2.75. The largest absolute Gasteiger partial charge is 0.480 e. The van der Waals surface area contributed by atoms with E-state index in [2.05, 4.69) is 5.10 Å². The number of carboxylic acid groups (broad SMARTS) is 1. The zero-order chi connectivity index (χ0) is 12.4. The van der Waals surface area contributed by atoms with Crippen LogP contribution in [0.5, 0.6) is 0 Å². The maximum Gasteiger partial charge on any atom is 0.325 e. The number of nitrogens with two attached hydrogens (primary N) is 1. The van der Waals surface area contributed by atoms with Crippen molar-refractivity contribution in [1.82, 2.24) is 9.78 Å². The molecule has 1 heterocycles. The van der Waals surface area contributed by atoms with Crippen LogP contribution in [0.3, 0.4) is 0 Å². The lowest BCUT2D eigenvalue weighted by Crippen LogP contribution is -2.20. The molecule has 17 heavy (non-hydrogen) atoms. The highest BCUT2D eigenvalue weighted by atomic mass is 35.5. The third-order valence-electron chi connectivity index (χ3n) is 2.33. The Kier molecular flexibility index (Phi) is 3.12. The molecule has 1 atom stereocenters. The second-order valence-corrected chi connectivity index (χ2v) is 3.95. The highest BCUT2D eigenvalue weighted by Gasteiger charge is 2.13. The van der Waals surface area contributed by atoms with E-state index in [9.17, 15) is 4.79 Å². The molecule has 0 radical (unpaired) electrons. The quantitative estimate of drug-likeness (QED) is 0.868. The Bertz CT molecular complexity index is 536. The number of benzene rings is 1. The van der Waals surface area contributed by atoms with Crippen LogP contribution in [0.1, 0.15) is 11.6 Å². The van der Waals surface area contributed by atoms with Gasteiger partial charge in [-0.2, -0.15) is 5.10 Å². The predicted molar refractivity (Wildman–Crippen MR) is 63.1 cm³/mol. The van der Waals surface area contributed by atoms with E-state index in [0.717, 1.165) is 5.69 Å². The van der Waals surface area contributed by atoms with Gasteiger partial charge in [-0.15, -0.1) is 0 Å². The lowest BCUT2D eigenvalue weighted by atomic mass is 10.1. The summed E-state index contributed by atoms with van der Waals surface area (Å²) in [5, 5.41) is 13.3. The Morgan fingerprint density at radius 2 is 2.06 bits per heavy atom. The molecule has 2 rings (SSSR count). The van der Waals surface area contributed by atoms with Crippen LogP contribution in [0.4, 0.5) is 0 Å². The van der Waals surface area contributed by atoms with Crippen LogP contribution in [0, 0.1) is 0 Å². The smallest absolute Gasteiger partial charge is 0.325 e. The fraction of sp³-hybridized carbons (Fsp3) is 0.0909. The Labute approximate surface area is 102 Å². The van der Waals surface area contributed by atoms with Gasteiger partial charge in [-0.3, -0.25) is 4.79 Å². The van der Waals surface area contributed by atoms with Crippen molar-refractivity contribution in [2.75, 3.05) is 0 Å². The summed E-state index contributed by atoms with van der Waals surface area (Å²) in [5.41, 5.74) is 6.82. The van der Waals surface area contributed by atoms with Crippen molar-refractivity contribution in [3.63, 3.8) is 0 Å². The summed E-state index contributed by atoms with van der Waals surface area (Å²) in [5.74, 6) is -1.06. The normalized spacial score (nSPS) is 12.4. The van der Waals surface area contributed by atoms with Crippen molar-refractivity contribution in [2.24, 2.45) is 5.73 Å². The van der Waals surface area contributed by atoms with E-state index in [-0.39, 0.29) is 0 Å². The first-order valence-corrected chi connectivity index (χ1v) is 5.24. The van der Waals surface area contributed by atoms with Crippen molar-refractivity contribution in [1.29, 1.82) is 0 Å². The number of rotatable bonds is 3. The molecule has 0 spiro atoms. The fourth-order valence-electron chi connectivity index (χ4n) is 1.42. The Balaban J connectivity index is 2.27.